The molecule has 30 heavy (non-hydrogen) atoms. The lowest BCUT2D eigenvalue weighted by Crippen LogP contribution is -2.39. The van der Waals surface area contributed by atoms with Gasteiger partial charge in [0.15, 0.2) is 0 Å². The molecule has 1 unspecified atom stereocenters. The van der Waals surface area contributed by atoms with E-state index < -0.39 is 17.6 Å². The number of pyridine rings is 1. The van der Waals surface area contributed by atoms with Gasteiger partial charge in [0, 0.05) is 25.7 Å². The average Bonchev–Trinajstić information content (AvgIpc) is 3.05. The Morgan fingerprint density at radius 3 is 2.77 bits per heavy atom. The van der Waals surface area contributed by atoms with Gasteiger partial charge in [-0.2, -0.15) is 0 Å². The second-order valence-corrected chi connectivity index (χ2v) is 7.28. The van der Waals surface area contributed by atoms with Crippen molar-refractivity contribution in [3.8, 4) is 11.3 Å². The normalized spacial score (nSPS) is 16.7. The zero-order valence-corrected chi connectivity index (χ0v) is 16.9. The Labute approximate surface area is 172 Å². The van der Waals surface area contributed by atoms with Crippen LogP contribution in [0.3, 0.4) is 0 Å². The lowest BCUT2D eigenvalue weighted by atomic mass is 10.0. The number of imidazole rings is 1. The molecule has 1 fully saturated rings. The van der Waals surface area contributed by atoms with Gasteiger partial charge in [-0.05, 0) is 43.7 Å². The Bertz CT molecular complexity index is 1070. The fourth-order valence-corrected chi connectivity index (χ4v) is 3.69. The molecule has 1 aliphatic heterocycles. The number of esters is 1. The summed E-state index contributed by atoms with van der Waals surface area (Å²) in [6.07, 6.45) is 2.14. The summed E-state index contributed by atoms with van der Waals surface area (Å²) in [6.45, 7) is 5.67. The number of morpholine rings is 1. The number of ether oxygens (including phenoxy) is 2. The predicted octanol–water partition coefficient (Wildman–Crippen LogP) is 3.30. The molecule has 158 valence electrons. The van der Waals surface area contributed by atoms with Crippen molar-refractivity contribution in [1.82, 2.24) is 14.7 Å². The minimum absolute atomic E-state index is 0.120. The number of hydrogen-bond donors (Lipinski definition) is 1. The Morgan fingerprint density at radius 1 is 1.33 bits per heavy atom. The number of carbonyl (C=O) groups is 1. The zero-order chi connectivity index (χ0) is 21.3. The standard InChI is InChI=1S/C22H23F2N3O3/c1-3-29-22(28)14-9-16(23)20(17(24)10-14)21-18(11-15-12-25-5-7-30-15)27-6-4-13(2)8-19(27)26-21/h4,6,8-10,15,25H,3,5,7,11-12H2,1-2H3. The number of aromatic nitrogens is 2. The van der Waals surface area contributed by atoms with Crippen LogP contribution in [0.2, 0.25) is 0 Å². The van der Waals surface area contributed by atoms with E-state index in [0.29, 0.717) is 30.9 Å². The third-order valence-electron chi connectivity index (χ3n) is 5.10. The highest BCUT2D eigenvalue weighted by molar-refractivity contribution is 5.90. The summed E-state index contributed by atoms with van der Waals surface area (Å²) >= 11 is 0. The summed E-state index contributed by atoms with van der Waals surface area (Å²) in [5.41, 5.74) is 2.01. The lowest BCUT2D eigenvalue weighted by Gasteiger charge is -2.24. The maximum atomic E-state index is 15.0. The molecule has 0 aliphatic carbocycles. The Morgan fingerprint density at radius 2 is 2.10 bits per heavy atom. The number of fused-ring (bicyclic) bond motifs is 1. The van der Waals surface area contributed by atoms with E-state index in [-0.39, 0.29) is 29.5 Å². The molecule has 4 rings (SSSR count). The summed E-state index contributed by atoms with van der Waals surface area (Å²) < 4.78 is 42.5. The van der Waals surface area contributed by atoms with E-state index in [0.717, 1.165) is 24.2 Å². The summed E-state index contributed by atoms with van der Waals surface area (Å²) in [4.78, 5) is 16.4. The molecule has 0 bridgehead atoms. The molecule has 0 saturated carbocycles. The van der Waals surface area contributed by atoms with Crippen LogP contribution in [0, 0.1) is 18.6 Å². The van der Waals surface area contributed by atoms with Gasteiger partial charge >= 0.3 is 5.97 Å². The third-order valence-corrected chi connectivity index (χ3v) is 5.10. The predicted molar refractivity (Wildman–Crippen MR) is 108 cm³/mol. The molecular formula is C22H23F2N3O3. The minimum atomic E-state index is -0.859. The third kappa shape index (κ3) is 3.93. The second-order valence-electron chi connectivity index (χ2n) is 7.28. The largest absolute Gasteiger partial charge is 0.462 e. The Balaban J connectivity index is 1.83. The van der Waals surface area contributed by atoms with Gasteiger partial charge in [0.2, 0.25) is 0 Å². The number of nitrogens with zero attached hydrogens (tertiary/aromatic N) is 2. The molecule has 1 saturated heterocycles. The molecule has 1 aromatic carbocycles. The van der Waals surface area contributed by atoms with Crippen LogP contribution >= 0.6 is 0 Å². The van der Waals surface area contributed by atoms with Crippen LogP contribution < -0.4 is 5.32 Å². The first-order valence-corrected chi connectivity index (χ1v) is 9.94. The Hall–Kier alpha value is -2.84. The smallest absolute Gasteiger partial charge is 0.338 e. The average molecular weight is 415 g/mol. The lowest BCUT2D eigenvalue weighted by molar-refractivity contribution is 0.0286. The van der Waals surface area contributed by atoms with Crippen LogP contribution in [0.4, 0.5) is 8.78 Å². The van der Waals surface area contributed by atoms with Crippen molar-refractivity contribution in [3.63, 3.8) is 0 Å². The monoisotopic (exact) mass is 415 g/mol. The molecule has 8 heteroatoms. The summed E-state index contributed by atoms with van der Waals surface area (Å²) in [6, 6.07) is 5.76. The van der Waals surface area contributed by atoms with E-state index in [1.54, 1.807) is 6.92 Å². The maximum absolute atomic E-state index is 15.0. The zero-order valence-electron chi connectivity index (χ0n) is 16.9. The fourth-order valence-electron chi connectivity index (χ4n) is 3.69. The number of aryl methyl sites for hydroxylation is 1. The highest BCUT2D eigenvalue weighted by atomic mass is 19.1. The van der Waals surface area contributed by atoms with E-state index in [1.165, 1.54) is 0 Å². The molecule has 6 nitrogen and oxygen atoms in total. The van der Waals surface area contributed by atoms with Gasteiger partial charge in [0.05, 0.1) is 41.8 Å². The number of hydrogen-bond acceptors (Lipinski definition) is 5. The van der Waals surface area contributed by atoms with E-state index in [1.807, 2.05) is 29.7 Å². The van der Waals surface area contributed by atoms with Crippen LogP contribution in [-0.2, 0) is 15.9 Å². The van der Waals surface area contributed by atoms with Gasteiger partial charge in [-0.3, -0.25) is 0 Å². The molecule has 2 aromatic heterocycles. The van der Waals surface area contributed by atoms with Crippen LogP contribution in [0.15, 0.2) is 30.5 Å². The van der Waals surface area contributed by atoms with Crippen molar-refractivity contribution in [2.45, 2.75) is 26.4 Å². The maximum Gasteiger partial charge on any atom is 0.338 e. The van der Waals surface area contributed by atoms with E-state index >= 15 is 8.78 Å². The van der Waals surface area contributed by atoms with Crippen LogP contribution in [0.1, 0.15) is 28.5 Å². The van der Waals surface area contributed by atoms with Gasteiger partial charge in [-0.1, -0.05) is 0 Å². The number of benzene rings is 1. The number of carbonyl (C=O) groups excluding carboxylic acids is 1. The minimum Gasteiger partial charge on any atom is -0.462 e. The number of rotatable bonds is 5. The topological polar surface area (TPSA) is 64.9 Å². The molecule has 1 N–H and O–H groups in total. The quantitative estimate of drug-likeness (QED) is 0.648. The second kappa shape index (κ2) is 8.49. The molecule has 3 aromatic rings. The number of nitrogens with one attached hydrogen (secondary N) is 1. The van der Waals surface area contributed by atoms with Crippen LogP contribution in [0.25, 0.3) is 16.9 Å². The highest BCUT2D eigenvalue weighted by Crippen LogP contribution is 2.32. The van der Waals surface area contributed by atoms with E-state index in [9.17, 15) is 4.79 Å². The van der Waals surface area contributed by atoms with Gasteiger partial charge in [0.1, 0.15) is 17.3 Å². The molecule has 0 spiro atoms. The van der Waals surface area contributed by atoms with Gasteiger partial charge < -0.3 is 19.2 Å². The molecule has 0 amide bonds. The van der Waals surface area contributed by atoms with Crippen molar-refractivity contribution in [3.05, 3.63) is 58.9 Å². The molecule has 3 heterocycles. The summed E-state index contributed by atoms with van der Waals surface area (Å²) in [7, 11) is 0. The van der Waals surface area contributed by atoms with Gasteiger partial charge in [0.25, 0.3) is 0 Å². The van der Waals surface area contributed by atoms with Crippen molar-refractivity contribution < 1.29 is 23.0 Å². The van der Waals surface area contributed by atoms with Crippen molar-refractivity contribution in [2.24, 2.45) is 0 Å². The van der Waals surface area contributed by atoms with Crippen molar-refractivity contribution >= 4 is 11.6 Å². The summed E-state index contributed by atoms with van der Waals surface area (Å²) in [5, 5.41) is 3.26. The van der Waals surface area contributed by atoms with Gasteiger partial charge in [-0.15, -0.1) is 0 Å². The fraction of sp³-hybridized carbons (Fsp3) is 0.364. The first-order chi connectivity index (χ1) is 14.5. The number of halogens is 2. The molecule has 1 aliphatic rings. The highest BCUT2D eigenvalue weighted by Gasteiger charge is 2.26. The van der Waals surface area contributed by atoms with Crippen molar-refractivity contribution in [2.75, 3.05) is 26.3 Å². The molecule has 0 radical (unpaired) electrons. The Kier molecular flexibility index (Phi) is 5.78. The molecular weight excluding hydrogens is 392 g/mol. The van der Waals surface area contributed by atoms with Crippen LogP contribution in [0.5, 0.6) is 0 Å². The summed E-state index contributed by atoms with van der Waals surface area (Å²) in [5.74, 6) is -2.49. The van der Waals surface area contributed by atoms with Crippen molar-refractivity contribution in [1.29, 1.82) is 0 Å². The molecule has 1 atom stereocenters. The van der Waals surface area contributed by atoms with Gasteiger partial charge in [-0.25, -0.2) is 18.6 Å². The van der Waals surface area contributed by atoms with Crippen LogP contribution in [-0.4, -0.2) is 47.8 Å². The SMILES string of the molecule is CCOC(=O)c1cc(F)c(-c2nc3cc(C)ccn3c2CC2CNCCO2)c(F)c1. The van der Waals surface area contributed by atoms with E-state index in [4.69, 9.17) is 9.47 Å². The first-order valence-electron chi connectivity index (χ1n) is 9.94. The first kappa shape index (κ1) is 20.4. The van der Waals surface area contributed by atoms with E-state index in [2.05, 4.69) is 10.3 Å².